The lowest BCUT2D eigenvalue weighted by atomic mass is 9.77. The van der Waals surface area contributed by atoms with E-state index in [1.807, 2.05) is 0 Å². The number of hydrogen-bond donors (Lipinski definition) is 1. The van der Waals surface area contributed by atoms with Gasteiger partial charge in [0.25, 0.3) is 0 Å². The second-order valence-electron chi connectivity index (χ2n) is 4.77. The van der Waals surface area contributed by atoms with Crippen LogP contribution >= 0.6 is 0 Å². The number of aryl methyl sites for hydroxylation is 1. The number of hydrogen-bond acceptors (Lipinski definition) is 1. The summed E-state index contributed by atoms with van der Waals surface area (Å²) in [6, 6.07) is 8.89. The van der Waals surface area contributed by atoms with Crippen molar-refractivity contribution in [1.82, 2.24) is 0 Å². The Morgan fingerprint density at radius 2 is 1.67 bits per heavy atom. The first-order valence-corrected chi connectivity index (χ1v) is 6.13. The van der Waals surface area contributed by atoms with Gasteiger partial charge in [0, 0.05) is 5.54 Å². The first-order valence-electron chi connectivity index (χ1n) is 6.13. The Kier molecular flexibility index (Phi) is 3.11. The maximum atomic E-state index is 6.47. The zero-order valence-electron chi connectivity index (χ0n) is 9.63. The number of rotatable bonds is 2. The summed E-state index contributed by atoms with van der Waals surface area (Å²) in [4.78, 5) is 0. The molecule has 1 aliphatic carbocycles. The van der Waals surface area contributed by atoms with Crippen molar-refractivity contribution in [3.05, 3.63) is 35.4 Å². The molecule has 1 heteroatoms. The fourth-order valence-corrected chi connectivity index (χ4v) is 2.54. The molecule has 0 atom stereocenters. The van der Waals surface area contributed by atoms with Crippen LogP contribution in [0.4, 0.5) is 0 Å². The normalized spacial score (nSPS) is 20.1. The molecule has 15 heavy (non-hydrogen) atoms. The van der Waals surface area contributed by atoms with Crippen LogP contribution in [-0.2, 0) is 12.0 Å². The molecule has 1 aromatic rings. The first-order chi connectivity index (χ1) is 7.24. The molecule has 0 amide bonds. The van der Waals surface area contributed by atoms with Crippen LogP contribution < -0.4 is 5.73 Å². The van der Waals surface area contributed by atoms with Gasteiger partial charge >= 0.3 is 0 Å². The largest absolute Gasteiger partial charge is 0.321 e. The van der Waals surface area contributed by atoms with Crippen molar-refractivity contribution < 1.29 is 0 Å². The fourth-order valence-electron chi connectivity index (χ4n) is 2.54. The van der Waals surface area contributed by atoms with Crippen LogP contribution in [0, 0.1) is 0 Å². The topological polar surface area (TPSA) is 26.0 Å². The van der Waals surface area contributed by atoms with Crippen LogP contribution in [0.5, 0.6) is 0 Å². The van der Waals surface area contributed by atoms with Crippen molar-refractivity contribution in [2.24, 2.45) is 5.73 Å². The van der Waals surface area contributed by atoms with E-state index in [9.17, 15) is 0 Å². The molecule has 0 unspecified atom stereocenters. The molecule has 82 valence electrons. The third-order valence-corrected chi connectivity index (χ3v) is 3.68. The van der Waals surface area contributed by atoms with E-state index in [0.29, 0.717) is 0 Å². The molecular formula is C14H21N. The highest BCUT2D eigenvalue weighted by Gasteiger charge is 2.28. The van der Waals surface area contributed by atoms with Crippen LogP contribution in [-0.4, -0.2) is 0 Å². The van der Waals surface area contributed by atoms with E-state index >= 15 is 0 Å². The average molecular weight is 203 g/mol. The summed E-state index contributed by atoms with van der Waals surface area (Å²) in [7, 11) is 0. The van der Waals surface area contributed by atoms with Crippen molar-refractivity contribution in [2.45, 2.75) is 51.0 Å². The minimum absolute atomic E-state index is 0.0372. The van der Waals surface area contributed by atoms with Crippen LogP contribution in [0.3, 0.4) is 0 Å². The molecule has 0 bridgehead atoms. The second kappa shape index (κ2) is 4.36. The van der Waals surface area contributed by atoms with Gasteiger partial charge in [0.05, 0.1) is 0 Å². The smallest absolute Gasteiger partial charge is 0.0409 e. The third-order valence-electron chi connectivity index (χ3n) is 3.68. The molecule has 0 aliphatic heterocycles. The summed E-state index contributed by atoms with van der Waals surface area (Å²) >= 11 is 0. The van der Waals surface area contributed by atoms with Crippen molar-refractivity contribution in [3.8, 4) is 0 Å². The van der Waals surface area contributed by atoms with E-state index in [1.165, 1.54) is 30.4 Å². The van der Waals surface area contributed by atoms with Crippen molar-refractivity contribution in [1.29, 1.82) is 0 Å². The quantitative estimate of drug-likeness (QED) is 0.783. The molecule has 1 fully saturated rings. The highest BCUT2D eigenvalue weighted by Crippen LogP contribution is 2.34. The molecule has 0 radical (unpaired) electrons. The Hall–Kier alpha value is -0.820. The average Bonchev–Trinajstić information content (AvgIpc) is 2.30. The van der Waals surface area contributed by atoms with E-state index in [2.05, 4.69) is 31.2 Å². The van der Waals surface area contributed by atoms with Crippen molar-refractivity contribution in [2.75, 3.05) is 0 Å². The van der Waals surface area contributed by atoms with E-state index < -0.39 is 0 Å². The second-order valence-corrected chi connectivity index (χ2v) is 4.77. The van der Waals surface area contributed by atoms with Gasteiger partial charge in [-0.3, -0.25) is 0 Å². The molecular weight excluding hydrogens is 182 g/mol. The lowest BCUT2D eigenvalue weighted by Crippen LogP contribution is -2.38. The SMILES string of the molecule is CCc1ccc(C2(N)CCCCC2)cc1. The summed E-state index contributed by atoms with van der Waals surface area (Å²) < 4.78 is 0. The Morgan fingerprint density at radius 1 is 1.07 bits per heavy atom. The van der Waals surface area contributed by atoms with Gasteiger partial charge in [0.1, 0.15) is 0 Å². The lowest BCUT2D eigenvalue weighted by Gasteiger charge is -2.34. The van der Waals surface area contributed by atoms with Gasteiger partial charge in [-0.1, -0.05) is 50.5 Å². The lowest BCUT2D eigenvalue weighted by molar-refractivity contribution is 0.302. The summed E-state index contributed by atoms with van der Waals surface area (Å²) in [6.07, 6.45) is 7.33. The van der Waals surface area contributed by atoms with Gasteiger partial charge in [0.15, 0.2) is 0 Å². The van der Waals surface area contributed by atoms with Gasteiger partial charge in [-0.2, -0.15) is 0 Å². The highest BCUT2D eigenvalue weighted by atomic mass is 14.7. The molecule has 2 rings (SSSR count). The van der Waals surface area contributed by atoms with Gasteiger partial charge in [0.2, 0.25) is 0 Å². The van der Waals surface area contributed by atoms with E-state index in [-0.39, 0.29) is 5.54 Å². The monoisotopic (exact) mass is 203 g/mol. The predicted octanol–water partition coefficient (Wildman–Crippen LogP) is 3.37. The van der Waals surface area contributed by atoms with Crippen LogP contribution in [0.25, 0.3) is 0 Å². The minimum Gasteiger partial charge on any atom is -0.321 e. The molecule has 1 aromatic carbocycles. The summed E-state index contributed by atoms with van der Waals surface area (Å²) in [6.45, 7) is 2.19. The zero-order chi connectivity index (χ0) is 10.7. The fraction of sp³-hybridized carbons (Fsp3) is 0.571. The zero-order valence-corrected chi connectivity index (χ0v) is 9.63. The predicted molar refractivity (Wildman–Crippen MR) is 64.8 cm³/mol. The Bertz CT molecular complexity index is 307. The minimum atomic E-state index is -0.0372. The van der Waals surface area contributed by atoms with Crippen LogP contribution in [0.15, 0.2) is 24.3 Å². The Morgan fingerprint density at radius 3 is 2.20 bits per heavy atom. The molecule has 1 saturated carbocycles. The number of nitrogens with two attached hydrogens (primary N) is 1. The molecule has 0 spiro atoms. The standard InChI is InChI=1S/C14H21N/c1-2-12-6-8-13(9-7-12)14(15)10-4-3-5-11-14/h6-9H,2-5,10-11,15H2,1H3. The van der Waals surface area contributed by atoms with Gasteiger partial charge in [-0.25, -0.2) is 0 Å². The highest BCUT2D eigenvalue weighted by molar-refractivity contribution is 5.28. The van der Waals surface area contributed by atoms with E-state index in [0.717, 1.165) is 19.3 Å². The summed E-state index contributed by atoms with van der Waals surface area (Å²) in [5.41, 5.74) is 9.17. The van der Waals surface area contributed by atoms with E-state index in [4.69, 9.17) is 5.73 Å². The molecule has 0 saturated heterocycles. The molecule has 1 nitrogen and oxygen atoms in total. The van der Waals surface area contributed by atoms with E-state index in [1.54, 1.807) is 0 Å². The molecule has 2 N–H and O–H groups in total. The van der Waals surface area contributed by atoms with Crippen LogP contribution in [0.1, 0.15) is 50.2 Å². The maximum Gasteiger partial charge on any atom is 0.0409 e. The summed E-state index contributed by atoms with van der Waals surface area (Å²) in [5.74, 6) is 0. The van der Waals surface area contributed by atoms with Gasteiger partial charge in [-0.15, -0.1) is 0 Å². The Labute approximate surface area is 92.7 Å². The van der Waals surface area contributed by atoms with Gasteiger partial charge in [-0.05, 0) is 30.4 Å². The van der Waals surface area contributed by atoms with Crippen LogP contribution in [0.2, 0.25) is 0 Å². The molecule has 0 heterocycles. The van der Waals surface area contributed by atoms with Crippen molar-refractivity contribution in [3.63, 3.8) is 0 Å². The van der Waals surface area contributed by atoms with Crippen molar-refractivity contribution >= 4 is 0 Å². The van der Waals surface area contributed by atoms with Gasteiger partial charge < -0.3 is 5.73 Å². The molecule has 0 aromatic heterocycles. The molecule has 1 aliphatic rings. The number of benzene rings is 1. The third kappa shape index (κ3) is 2.23. The maximum absolute atomic E-state index is 6.47. The summed E-state index contributed by atoms with van der Waals surface area (Å²) in [5, 5.41) is 0. The first kappa shape index (κ1) is 10.7. The Balaban J connectivity index is 2.20.